The highest BCUT2D eigenvalue weighted by Gasteiger charge is 2.33. The van der Waals surface area contributed by atoms with Crippen molar-refractivity contribution in [3.63, 3.8) is 0 Å². The number of nitriles is 1. The molecule has 2 N–H and O–H groups in total. The van der Waals surface area contributed by atoms with Crippen molar-refractivity contribution in [2.45, 2.75) is 32.4 Å². The summed E-state index contributed by atoms with van der Waals surface area (Å²) >= 11 is 0. The van der Waals surface area contributed by atoms with E-state index in [0.717, 1.165) is 23.7 Å². The third-order valence-electron chi connectivity index (χ3n) is 3.90. The maximum atomic E-state index is 9.42. The fourth-order valence-corrected chi connectivity index (χ4v) is 2.69. The number of nitrogens with zero attached hydrogens (tertiary/aromatic N) is 4. The van der Waals surface area contributed by atoms with Gasteiger partial charge in [0.15, 0.2) is 0 Å². The predicted molar refractivity (Wildman–Crippen MR) is 82.7 cm³/mol. The molecule has 1 aromatic carbocycles. The minimum atomic E-state index is 0.504. The molecule has 1 aliphatic carbocycles. The Balaban J connectivity index is 1.96. The highest BCUT2D eigenvalue weighted by molar-refractivity contribution is 5.58. The van der Waals surface area contributed by atoms with Crippen molar-refractivity contribution < 1.29 is 0 Å². The second-order valence-corrected chi connectivity index (χ2v) is 5.62. The Hall–Kier alpha value is -2.48. The topological polar surface area (TPSA) is 70.9 Å². The van der Waals surface area contributed by atoms with Crippen LogP contribution in [-0.4, -0.2) is 15.8 Å². The van der Waals surface area contributed by atoms with Crippen LogP contribution >= 0.6 is 0 Å². The highest BCUT2D eigenvalue weighted by atomic mass is 15.4. The maximum absolute atomic E-state index is 9.42. The van der Waals surface area contributed by atoms with Crippen LogP contribution in [0, 0.1) is 18.3 Å². The van der Waals surface area contributed by atoms with Crippen LogP contribution in [0.4, 0.5) is 11.5 Å². The van der Waals surface area contributed by atoms with E-state index < -0.39 is 0 Å². The largest absolute Gasteiger partial charge is 0.399 e. The number of rotatable bonds is 4. The van der Waals surface area contributed by atoms with Crippen molar-refractivity contribution in [3.05, 3.63) is 41.1 Å². The molecule has 0 radical (unpaired) electrons. The summed E-state index contributed by atoms with van der Waals surface area (Å²) in [4.78, 5) is 2.30. The average Bonchev–Trinajstić information content (AvgIpc) is 3.24. The zero-order valence-corrected chi connectivity index (χ0v) is 12.4. The predicted octanol–water partition coefficient (Wildman–Crippen LogP) is 2.35. The van der Waals surface area contributed by atoms with Gasteiger partial charge in [-0.05, 0) is 37.5 Å². The lowest BCUT2D eigenvalue weighted by Gasteiger charge is -2.25. The Bertz CT molecular complexity index is 689. The van der Waals surface area contributed by atoms with E-state index in [1.165, 1.54) is 18.4 Å². The molecule has 5 heteroatoms. The lowest BCUT2D eigenvalue weighted by atomic mass is 10.1. The third-order valence-corrected chi connectivity index (χ3v) is 3.90. The number of hydrogen-bond acceptors (Lipinski definition) is 4. The standard InChI is InChI=1S/C16H19N5/c1-11-15(9-17)16(20(2)19-11)21(14-7-8-14)10-12-3-5-13(18)6-4-12/h3-6,14H,7-8,10,18H2,1-2H3. The molecule has 1 heterocycles. The third kappa shape index (κ3) is 2.57. The van der Waals surface area contributed by atoms with Crippen LogP contribution < -0.4 is 10.6 Å². The molecule has 108 valence electrons. The van der Waals surface area contributed by atoms with Crippen LogP contribution in [0.1, 0.15) is 29.7 Å². The van der Waals surface area contributed by atoms with E-state index in [1.54, 1.807) is 0 Å². The van der Waals surface area contributed by atoms with E-state index in [9.17, 15) is 5.26 Å². The van der Waals surface area contributed by atoms with Gasteiger partial charge < -0.3 is 10.6 Å². The highest BCUT2D eigenvalue weighted by Crippen LogP contribution is 2.35. The minimum Gasteiger partial charge on any atom is -0.399 e. The summed E-state index contributed by atoms with van der Waals surface area (Å²) in [5.74, 6) is 0.925. The van der Waals surface area contributed by atoms with Gasteiger partial charge in [0.1, 0.15) is 17.5 Å². The normalized spacial score (nSPS) is 14.0. The second kappa shape index (κ2) is 5.13. The van der Waals surface area contributed by atoms with Gasteiger partial charge in [-0.15, -0.1) is 0 Å². The van der Waals surface area contributed by atoms with Crippen LogP contribution in [-0.2, 0) is 13.6 Å². The average molecular weight is 281 g/mol. The molecule has 0 atom stereocenters. The first-order chi connectivity index (χ1) is 10.1. The zero-order chi connectivity index (χ0) is 15.0. The van der Waals surface area contributed by atoms with Crippen molar-refractivity contribution in [1.29, 1.82) is 5.26 Å². The summed E-state index contributed by atoms with van der Waals surface area (Å²) in [5.41, 5.74) is 9.18. The molecule has 5 nitrogen and oxygen atoms in total. The molecular weight excluding hydrogens is 262 g/mol. The summed E-state index contributed by atoms with van der Waals surface area (Å²) in [6, 6.07) is 10.7. The Morgan fingerprint density at radius 2 is 2.05 bits per heavy atom. The van der Waals surface area contributed by atoms with E-state index in [0.29, 0.717) is 11.6 Å². The summed E-state index contributed by atoms with van der Waals surface area (Å²) in [7, 11) is 1.90. The molecule has 2 aromatic rings. The van der Waals surface area contributed by atoms with Gasteiger partial charge in [0.05, 0.1) is 5.69 Å². The van der Waals surface area contributed by atoms with Gasteiger partial charge >= 0.3 is 0 Å². The first-order valence-electron chi connectivity index (χ1n) is 7.15. The number of aromatic nitrogens is 2. The second-order valence-electron chi connectivity index (χ2n) is 5.62. The molecule has 0 unspecified atom stereocenters. The monoisotopic (exact) mass is 281 g/mol. The Morgan fingerprint density at radius 1 is 1.38 bits per heavy atom. The van der Waals surface area contributed by atoms with Gasteiger partial charge in [-0.3, -0.25) is 4.68 Å². The Labute approximate surface area is 124 Å². The molecule has 0 spiro atoms. The smallest absolute Gasteiger partial charge is 0.145 e. The molecule has 0 aliphatic heterocycles. The lowest BCUT2D eigenvalue weighted by Crippen LogP contribution is -2.28. The molecule has 1 fully saturated rings. The fourth-order valence-electron chi connectivity index (χ4n) is 2.69. The van der Waals surface area contributed by atoms with Crippen LogP contribution in [0.5, 0.6) is 0 Å². The van der Waals surface area contributed by atoms with Gasteiger partial charge in [0.25, 0.3) is 0 Å². The first-order valence-corrected chi connectivity index (χ1v) is 7.15. The van der Waals surface area contributed by atoms with Crippen LogP contribution in [0.15, 0.2) is 24.3 Å². The minimum absolute atomic E-state index is 0.504. The Kier molecular flexibility index (Phi) is 3.30. The van der Waals surface area contributed by atoms with Crippen LogP contribution in [0.25, 0.3) is 0 Å². The van der Waals surface area contributed by atoms with Crippen molar-refractivity contribution in [1.82, 2.24) is 9.78 Å². The van der Waals surface area contributed by atoms with E-state index >= 15 is 0 Å². The molecular formula is C16H19N5. The van der Waals surface area contributed by atoms with E-state index in [2.05, 4.69) is 16.1 Å². The summed E-state index contributed by atoms with van der Waals surface area (Å²) < 4.78 is 1.82. The SMILES string of the molecule is Cc1nn(C)c(N(Cc2ccc(N)cc2)C2CC2)c1C#N. The number of nitrogens with two attached hydrogens (primary N) is 1. The number of aryl methyl sites for hydroxylation is 2. The molecule has 21 heavy (non-hydrogen) atoms. The van der Waals surface area contributed by atoms with E-state index in [1.807, 2.05) is 42.9 Å². The van der Waals surface area contributed by atoms with Gasteiger partial charge in [0.2, 0.25) is 0 Å². The van der Waals surface area contributed by atoms with Gasteiger partial charge in [-0.2, -0.15) is 10.4 Å². The lowest BCUT2D eigenvalue weighted by molar-refractivity contribution is 0.691. The van der Waals surface area contributed by atoms with Crippen LogP contribution in [0.2, 0.25) is 0 Å². The molecule has 1 aromatic heterocycles. The van der Waals surface area contributed by atoms with Crippen LogP contribution in [0.3, 0.4) is 0 Å². The van der Waals surface area contributed by atoms with Gasteiger partial charge in [-0.25, -0.2) is 0 Å². The van der Waals surface area contributed by atoms with Crippen molar-refractivity contribution in [3.8, 4) is 6.07 Å². The zero-order valence-electron chi connectivity index (χ0n) is 12.4. The molecule has 0 amide bonds. The number of nitrogen functional groups attached to an aromatic ring is 1. The van der Waals surface area contributed by atoms with Crippen molar-refractivity contribution >= 4 is 11.5 Å². The fraction of sp³-hybridized carbons (Fsp3) is 0.375. The van der Waals surface area contributed by atoms with Crippen molar-refractivity contribution in [2.24, 2.45) is 7.05 Å². The summed E-state index contributed by atoms with van der Waals surface area (Å²) in [6.07, 6.45) is 2.34. The van der Waals surface area contributed by atoms with Crippen molar-refractivity contribution in [2.75, 3.05) is 10.6 Å². The van der Waals surface area contributed by atoms with Gasteiger partial charge in [-0.1, -0.05) is 12.1 Å². The molecule has 1 saturated carbocycles. The van der Waals surface area contributed by atoms with E-state index in [4.69, 9.17) is 5.73 Å². The summed E-state index contributed by atoms with van der Waals surface area (Å²) in [5, 5.41) is 13.8. The first kappa shape index (κ1) is 13.5. The number of hydrogen-bond donors (Lipinski definition) is 1. The maximum Gasteiger partial charge on any atom is 0.145 e. The quantitative estimate of drug-likeness (QED) is 0.873. The van der Waals surface area contributed by atoms with E-state index in [-0.39, 0.29) is 0 Å². The van der Waals surface area contributed by atoms with Gasteiger partial charge in [0, 0.05) is 25.3 Å². The molecule has 3 rings (SSSR count). The molecule has 0 saturated heterocycles. The molecule has 0 bridgehead atoms. The number of anilines is 2. The summed E-state index contributed by atoms with van der Waals surface area (Å²) in [6.45, 7) is 2.66. The Morgan fingerprint density at radius 3 is 2.62 bits per heavy atom. The number of benzene rings is 1. The molecule has 1 aliphatic rings.